The third-order valence-corrected chi connectivity index (χ3v) is 4.59. The van der Waals surface area contributed by atoms with E-state index < -0.39 is 33.0 Å². The van der Waals surface area contributed by atoms with E-state index >= 15 is 0 Å². The molecule has 2 atom stereocenters. The first kappa shape index (κ1) is 13.8. The lowest BCUT2D eigenvalue weighted by Gasteiger charge is -2.14. The summed E-state index contributed by atoms with van der Waals surface area (Å²) in [6.07, 6.45) is -1.40. The monoisotopic (exact) mass is 289 g/mol. The molecule has 1 aliphatic heterocycles. The highest BCUT2D eigenvalue weighted by molar-refractivity contribution is 7.89. The quantitative estimate of drug-likeness (QED) is 0.522. The van der Waals surface area contributed by atoms with E-state index in [9.17, 15) is 28.7 Å². The maximum atomic E-state index is 12.1. The van der Waals surface area contributed by atoms with Gasteiger partial charge in [-0.2, -0.15) is 4.31 Å². The number of pyridine rings is 1. The molecule has 1 fully saturated rings. The van der Waals surface area contributed by atoms with Crippen molar-refractivity contribution in [2.75, 3.05) is 13.1 Å². The van der Waals surface area contributed by atoms with Crippen LogP contribution in [-0.4, -0.2) is 58.1 Å². The van der Waals surface area contributed by atoms with E-state index in [1.54, 1.807) is 0 Å². The number of β-amino-alcohol motifs (C(OH)–C–C–N with tert-alkyl or cyclic N) is 2. The molecule has 2 unspecified atom stereocenters. The molecule has 1 aromatic rings. The maximum Gasteiger partial charge on any atom is 0.363 e. The van der Waals surface area contributed by atoms with Crippen LogP contribution in [0.2, 0.25) is 0 Å². The Bertz CT molecular complexity index is 576. The highest BCUT2D eigenvalue weighted by Crippen LogP contribution is 2.21. The van der Waals surface area contributed by atoms with E-state index in [0.29, 0.717) is 0 Å². The average Bonchev–Trinajstić information content (AvgIpc) is 2.70. The van der Waals surface area contributed by atoms with Crippen molar-refractivity contribution in [2.45, 2.75) is 17.1 Å². The topological polar surface area (TPSA) is 134 Å². The Morgan fingerprint density at radius 2 is 1.89 bits per heavy atom. The predicted octanol–water partition coefficient (Wildman–Crippen LogP) is -1.28. The number of rotatable bonds is 3. The summed E-state index contributed by atoms with van der Waals surface area (Å²) in [6.45, 7) is -0.443. The van der Waals surface area contributed by atoms with Crippen LogP contribution in [0.1, 0.15) is 0 Å². The lowest BCUT2D eigenvalue weighted by atomic mass is 10.3. The van der Waals surface area contributed by atoms with Gasteiger partial charge in [-0.1, -0.05) is 0 Å². The van der Waals surface area contributed by atoms with E-state index in [0.717, 1.165) is 22.6 Å². The molecule has 9 nitrogen and oxygen atoms in total. The Morgan fingerprint density at radius 1 is 1.32 bits per heavy atom. The van der Waals surface area contributed by atoms with Crippen molar-refractivity contribution in [2.24, 2.45) is 0 Å². The smallest absolute Gasteiger partial charge is 0.363 e. The van der Waals surface area contributed by atoms with Gasteiger partial charge in [-0.25, -0.2) is 8.42 Å². The summed E-state index contributed by atoms with van der Waals surface area (Å²) in [7, 11) is -3.92. The molecular weight excluding hydrogens is 278 g/mol. The van der Waals surface area contributed by atoms with Crippen LogP contribution in [0.4, 0.5) is 5.82 Å². The van der Waals surface area contributed by atoms with Gasteiger partial charge in [0.25, 0.3) is 0 Å². The molecule has 1 aliphatic rings. The van der Waals surface area contributed by atoms with Crippen molar-refractivity contribution >= 4 is 15.8 Å². The largest absolute Gasteiger partial charge is 0.389 e. The molecule has 2 rings (SSSR count). The van der Waals surface area contributed by atoms with Gasteiger partial charge in [-0.15, -0.1) is 0 Å². The molecule has 10 heteroatoms. The third-order valence-electron chi connectivity index (χ3n) is 2.77. The van der Waals surface area contributed by atoms with Crippen molar-refractivity contribution in [3.63, 3.8) is 0 Å². The predicted molar refractivity (Wildman–Crippen MR) is 61.7 cm³/mol. The van der Waals surface area contributed by atoms with Gasteiger partial charge in [0.2, 0.25) is 10.0 Å². The summed E-state index contributed by atoms with van der Waals surface area (Å²) in [5, 5.41) is 29.1. The summed E-state index contributed by atoms with van der Waals surface area (Å²) in [4.78, 5) is 12.9. The Labute approximate surface area is 108 Å². The number of aromatic nitrogens is 1. The van der Waals surface area contributed by atoms with Crippen molar-refractivity contribution in [3.8, 4) is 0 Å². The number of hydrogen-bond acceptors (Lipinski definition) is 7. The van der Waals surface area contributed by atoms with E-state index in [1.807, 2.05) is 0 Å². The van der Waals surface area contributed by atoms with E-state index in [-0.39, 0.29) is 18.0 Å². The lowest BCUT2D eigenvalue weighted by Crippen LogP contribution is -2.30. The Kier molecular flexibility index (Phi) is 3.49. The van der Waals surface area contributed by atoms with Crippen LogP contribution in [0.5, 0.6) is 0 Å². The summed E-state index contributed by atoms with van der Waals surface area (Å²) in [5.74, 6) is -0.458. The SMILES string of the molecule is O=[N+]([O-])c1ccc(S(=O)(=O)N2CC(O)C(O)C2)cn1. The van der Waals surface area contributed by atoms with Crippen molar-refractivity contribution in [3.05, 3.63) is 28.4 Å². The zero-order valence-corrected chi connectivity index (χ0v) is 10.4. The first-order valence-electron chi connectivity index (χ1n) is 5.29. The third kappa shape index (κ3) is 2.56. The first-order chi connectivity index (χ1) is 8.82. The molecule has 0 bridgehead atoms. The minimum Gasteiger partial charge on any atom is -0.389 e. The van der Waals surface area contributed by atoms with Gasteiger partial charge in [-0.3, -0.25) is 0 Å². The number of aliphatic hydroxyl groups is 2. The van der Waals surface area contributed by atoms with Crippen LogP contribution < -0.4 is 0 Å². The van der Waals surface area contributed by atoms with Crippen LogP contribution in [0.3, 0.4) is 0 Å². The maximum absolute atomic E-state index is 12.1. The first-order valence-corrected chi connectivity index (χ1v) is 6.73. The van der Waals surface area contributed by atoms with Crippen molar-refractivity contribution in [1.82, 2.24) is 9.29 Å². The fraction of sp³-hybridized carbons (Fsp3) is 0.444. The fourth-order valence-corrected chi connectivity index (χ4v) is 3.14. The van der Waals surface area contributed by atoms with E-state index in [4.69, 9.17) is 0 Å². The molecule has 1 saturated heterocycles. The minimum atomic E-state index is -3.92. The minimum absolute atomic E-state index is 0.222. The second kappa shape index (κ2) is 4.81. The van der Waals surface area contributed by atoms with Gasteiger partial charge in [-0.05, 0) is 16.0 Å². The zero-order chi connectivity index (χ0) is 14.2. The molecule has 0 aromatic carbocycles. The van der Waals surface area contributed by atoms with Gasteiger partial charge in [0.15, 0.2) is 6.20 Å². The van der Waals surface area contributed by atoms with Crippen LogP contribution in [0, 0.1) is 10.1 Å². The number of sulfonamides is 1. The molecule has 2 heterocycles. The molecule has 0 amide bonds. The standard InChI is InChI=1S/C9H11N3O6S/c13-7-4-11(5-8(7)14)19(17,18)6-1-2-9(10-3-6)12(15)16/h1-3,7-8,13-14H,4-5H2. The Balaban J connectivity index is 2.27. The summed E-state index contributed by atoms with van der Waals surface area (Å²) in [5.41, 5.74) is 0. The van der Waals surface area contributed by atoms with E-state index in [2.05, 4.69) is 4.98 Å². The van der Waals surface area contributed by atoms with Crippen molar-refractivity contribution < 1.29 is 23.6 Å². The number of nitro groups is 1. The molecular formula is C9H11N3O6S. The highest BCUT2D eigenvalue weighted by atomic mass is 32.2. The molecule has 104 valence electrons. The van der Waals surface area contributed by atoms with E-state index in [1.165, 1.54) is 0 Å². The van der Waals surface area contributed by atoms with Gasteiger partial charge in [0, 0.05) is 19.2 Å². The van der Waals surface area contributed by atoms with Crippen LogP contribution in [0.15, 0.2) is 23.2 Å². The second-order valence-electron chi connectivity index (χ2n) is 4.07. The van der Waals surface area contributed by atoms with Crippen molar-refractivity contribution in [1.29, 1.82) is 0 Å². The van der Waals surface area contributed by atoms with Crippen LogP contribution >= 0.6 is 0 Å². The second-order valence-corrected chi connectivity index (χ2v) is 6.00. The molecule has 0 aliphatic carbocycles. The normalized spacial score (nSPS) is 24.5. The molecule has 0 spiro atoms. The number of nitrogens with zero attached hydrogens (tertiary/aromatic N) is 3. The number of aliphatic hydroxyl groups excluding tert-OH is 2. The summed E-state index contributed by atoms with van der Waals surface area (Å²) in [6, 6.07) is 2.05. The Hall–Kier alpha value is -1.62. The molecule has 1 aromatic heterocycles. The van der Waals surface area contributed by atoms with Gasteiger partial charge in [0.05, 0.1) is 12.2 Å². The molecule has 19 heavy (non-hydrogen) atoms. The average molecular weight is 289 g/mol. The molecule has 2 N–H and O–H groups in total. The lowest BCUT2D eigenvalue weighted by molar-refractivity contribution is -0.389. The van der Waals surface area contributed by atoms with Crippen LogP contribution in [0.25, 0.3) is 0 Å². The molecule has 0 radical (unpaired) electrons. The van der Waals surface area contributed by atoms with Gasteiger partial charge >= 0.3 is 5.82 Å². The summed E-state index contributed by atoms with van der Waals surface area (Å²) < 4.78 is 25.1. The van der Waals surface area contributed by atoms with Gasteiger partial charge in [0.1, 0.15) is 4.90 Å². The Morgan fingerprint density at radius 3 is 2.32 bits per heavy atom. The molecule has 0 saturated carbocycles. The fourth-order valence-electron chi connectivity index (χ4n) is 1.71. The highest BCUT2D eigenvalue weighted by Gasteiger charge is 2.38. The zero-order valence-electron chi connectivity index (χ0n) is 9.58. The summed E-state index contributed by atoms with van der Waals surface area (Å²) >= 11 is 0. The number of hydrogen-bond donors (Lipinski definition) is 2. The van der Waals surface area contributed by atoms with Gasteiger partial charge < -0.3 is 20.3 Å². The van der Waals surface area contributed by atoms with Crippen LogP contribution in [-0.2, 0) is 10.0 Å².